The first kappa shape index (κ1) is 13.2. The lowest BCUT2D eigenvalue weighted by Gasteiger charge is -2.48. The average Bonchev–Trinajstić information content (AvgIpc) is 3.16. The smallest absolute Gasteiger partial charge is 0.247 e. The molecule has 101 valence electrons. The van der Waals surface area contributed by atoms with Crippen LogP contribution in [0.4, 0.5) is 0 Å². The molecule has 0 unspecified atom stereocenters. The molecule has 18 heavy (non-hydrogen) atoms. The lowest BCUT2D eigenvalue weighted by molar-refractivity contribution is -0.0840. The van der Waals surface area contributed by atoms with Gasteiger partial charge in [0.15, 0.2) is 0 Å². The number of rotatable bonds is 4. The summed E-state index contributed by atoms with van der Waals surface area (Å²) in [6.07, 6.45) is 17.1. The zero-order valence-corrected chi connectivity index (χ0v) is 12.6. The van der Waals surface area contributed by atoms with E-state index in [0.29, 0.717) is 0 Å². The van der Waals surface area contributed by atoms with Crippen LogP contribution in [0.2, 0.25) is 0 Å². The fourth-order valence-corrected chi connectivity index (χ4v) is 5.88. The Morgan fingerprint density at radius 3 is 1.11 bits per heavy atom. The van der Waals surface area contributed by atoms with E-state index < -0.39 is 0 Å². The fraction of sp³-hybridized carbons (Fsp3) is 1.00. The molecule has 0 aromatic rings. The van der Waals surface area contributed by atoms with Crippen molar-refractivity contribution in [2.45, 2.75) is 82.7 Å². The fourth-order valence-electron chi connectivity index (χ4n) is 5.38. The molecule has 0 bridgehead atoms. The van der Waals surface area contributed by atoms with Crippen LogP contribution in [0.1, 0.15) is 77.0 Å². The van der Waals surface area contributed by atoms with Crippen LogP contribution in [-0.4, -0.2) is 16.1 Å². The minimum absolute atomic E-state index is 0.195. The first-order valence-electron chi connectivity index (χ1n) is 8.22. The Morgan fingerprint density at radius 2 is 0.889 bits per heavy atom. The average molecular weight is 263 g/mol. The maximum Gasteiger partial charge on any atom is 0.247 e. The van der Waals surface area contributed by atoms with Gasteiger partial charge in [0.05, 0.1) is 5.60 Å². The van der Waals surface area contributed by atoms with Gasteiger partial charge in [-0.2, -0.15) is 0 Å². The van der Waals surface area contributed by atoms with Crippen LogP contribution in [0.15, 0.2) is 0 Å². The third-order valence-corrected chi connectivity index (χ3v) is 6.51. The molecular formula is C16H27OSi. The van der Waals surface area contributed by atoms with Gasteiger partial charge < -0.3 is 4.43 Å². The van der Waals surface area contributed by atoms with Gasteiger partial charge in [-0.1, -0.05) is 38.5 Å². The van der Waals surface area contributed by atoms with Crippen molar-refractivity contribution in [1.29, 1.82) is 0 Å². The van der Waals surface area contributed by atoms with Crippen LogP contribution < -0.4 is 0 Å². The van der Waals surface area contributed by atoms with Crippen LogP contribution >= 0.6 is 0 Å². The molecule has 3 rings (SSSR count). The van der Waals surface area contributed by atoms with E-state index in [1.807, 2.05) is 0 Å². The molecule has 3 aliphatic carbocycles. The summed E-state index contributed by atoms with van der Waals surface area (Å²) in [7, 11) is 3.56. The molecule has 0 aromatic heterocycles. The zero-order chi connectivity index (χ0) is 12.4. The Kier molecular flexibility index (Phi) is 4.14. The summed E-state index contributed by atoms with van der Waals surface area (Å²) in [5.74, 6) is 2.50. The van der Waals surface area contributed by atoms with Gasteiger partial charge in [-0.25, -0.2) is 0 Å². The van der Waals surface area contributed by atoms with Crippen molar-refractivity contribution in [3.05, 3.63) is 0 Å². The molecule has 0 spiro atoms. The largest absolute Gasteiger partial charge is 0.412 e. The van der Waals surface area contributed by atoms with E-state index >= 15 is 0 Å². The Balaban J connectivity index is 1.87. The van der Waals surface area contributed by atoms with Crippen molar-refractivity contribution in [2.75, 3.05) is 0 Å². The van der Waals surface area contributed by atoms with Crippen molar-refractivity contribution >= 4 is 10.5 Å². The highest BCUT2D eigenvalue weighted by Gasteiger charge is 2.52. The molecular weight excluding hydrogens is 236 g/mol. The van der Waals surface area contributed by atoms with Crippen molar-refractivity contribution in [3.8, 4) is 0 Å². The molecule has 0 aliphatic heterocycles. The molecule has 0 heterocycles. The second-order valence-corrected chi connectivity index (χ2v) is 7.10. The Hall–Kier alpha value is 0.177. The van der Waals surface area contributed by atoms with Crippen molar-refractivity contribution in [1.82, 2.24) is 0 Å². The summed E-state index contributed by atoms with van der Waals surface area (Å²) in [5.41, 5.74) is 0.195. The predicted molar refractivity (Wildman–Crippen MR) is 75.4 cm³/mol. The van der Waals surface area contributed by atoms with E-state index in [2.05, 4.69) is 10.5 Å². The molecule has 0 saturated heterocycles. The molecule has 0 N–H and O–H groups in total. The second-order valence-electron chi connectivity index (χ2n) is 6.90. The van der Waals surface area contributed by atoms with Crippen LogP contribution in [0.25, 0.3) is 0 Å². The quantitative estimate of drug-likeness (QED) is 0.683. The summed E-state index contributed by atoms with van der Waals surface area (Å²) in [6.45, 7) is 0. The summed E-state index contributed by atoms with van der Waals surface area (Å²) < 4.78 is 6.20. The van der Waals surface area contributed by atoms with E-state index in [9.17, 15) is 0 Å². The molecule has 1 nitrogen and oxygen atoms in total. The molecule has 3 radical (unpaired) electrons. The van der Waals surface area contributed by atoms with Gasteiger partial charge in [-0.05, 0) is 56.3 Å². The van der Waals surface area contributed by atoms with Crippen molar-refractivity contribution < 1.29 is 4.43 Å². The Bertz CT molecular complexity index is 219. The Morgan fingerprint density at radius 1 is 0.611 bits per heavy atom. The molecule has 3 fully saturated rings. The van der Waals surface area contributed by atoms with Gasteiger partial charge in [0, 0.05) is 0 Å². The van der Waals surface area contributed by atoms with E-state index in [1.54, 1.807) is 0 Å². The second kappa shape index (κ2) is 5.66. The van der Waals surface area contributed by atoms with Crippen LogP contribution in [0.3, 0.4) is 0 Å². The van der Waals surface area contributed by atoms with Crippen LogP contribution in [0.5, 0.6) is 0 Å². The highest BCUT2D eigenvalue weighted by Crippen LogP contribution is 2.53. The summed E-state index contributed by atoms with van der Waals surface area (Å²) in [5, 5.41) is 0. The molecule has 3 saturated carbocycles. The highest BCUT2D eigenvalue weighted by atomic mass is 28.2. The van der Waals surface area contributed by atoms with E-state index in [1.165, 1.54) is 77.0 Å². The zero-order valence-electron chi connectivity index (χ0n) is 11.6. The van der Waals surface area contributed by atoms with Gasteiger partial charge in [0.25, 0.3) is 0 Å². The van der Waals surface area contributed by atoms with Crippen molar-refractivity contribution in [2.24, 2.45) is 17.8 Å². The molecule has 3 aliphatic rings. The molecule has 0 amide bonds. The molecule has 2 heteroatoms. The number of hydrogen-bond donors (Lipinski definition) is 0. The van der Waals surface area contributed by atoms with E-state index in [-0.39, 0.29) is 5.60 Å². The molecule has 0 aromatic carbocycles. The maximum atomic E-state index is 6.20. The highest BCUT2D eigenvalue weighted by molar-refractivity contribution is 5.98. The molecule has 0 atom stereocenters. The SMILES string of the molecule is [Si]OC(C1CCCC1)(C1CCCC1)C1CCCC1. The third kappa shape index (κ3) is 2.09. The van der Waals surface area contributed by atoms with Gasteiger partial charge in [0.1, 0.15) is 0 Å². The van der Waals surface area contributed by atoms with Crippen molar-refractivity contribution in [3.63, 3.8) is 0 Å². The summed E-state index contributed by atoms with van der Waals surface area (Å²) in [4.78, 5) is 0. The predicted octanol–water partition coefficient (Wildman–Crippen LogP) is 4.40. The maximum absolute atomic E-state index is 6.20. The number of hydrogen-bond acceptors (Lipinski definition) is 1. The lowest BCUT2D eigenvalue weighted by atomic mass is 9.67. The third-order valence-electron chi connectivity index (χ3n) is 6.16. The van der Waals surface area contributed by atoms with Gasteiger partial charge in [-0.3, -0.25) is 0 Å². The standard InChI is InChI=1S/C16H27OSi/c18-17-16(13-7-1-2-8-13,14-9-3-4-10-14)15-11-5-6-12-15/h13-15H,1-12H2. The summed E-state index contributed by atoms with van der Waals surface area (Å²) >= 11 is 0. The van der Waals surface area contributed by atoms with Crippen LogP contribution in [0, 0.1) is 17.8 Å². The first-order chi connectivity index (χ1) is 8.88. The summed E-state index contributed by atoms with van der Waals surface area (Å²) in [6, 6.07) is 0. The van der Waals surface area contributed by atoms with Gasteiger partial charge in [-0.15, -0.1) is 0 Å². The Labute approximate surface area is 116 Å². The minimum atomic E-state index is 0.195. The minimum Gasteiger partial charge on any atom is -0.412 e. The van der Waals surface area contributed by atoms with E-state index in [4.69, 9.17) is 4.43 Å². The monoisotopic (exact) mass is 263 g/mol. The van der Waals surface area contributed by atoms with E-state index in [0.717, 1.165) is 17.8 Å². The lowest BCUT2D eigenvalue weighted by Crippen LogP contribution is -2.51. The first-order valence-corrected chi connectivity index (χ1v) is 8.63. The van der Waals surface area contributed by atoms with Gasteiger partial charge in [0.2, 0.25) is 10.5 Å². The van der Waals surface area contributed by atoms with Crippen LogP contribution in [-0.2, 0) is 4.43 Å². The van der Waals surface area contributed by atoms with Gasteiger partial charge >= 0.3 is 0 Å². The topological polar surface area (TPSA) is 9.23 Å². The normalized spacial score (nSPS) is 28.5.